The van der Waals surface area contributed by atoms with E-state index in [9.17, 15) is 29.7 Å². The quantitative estimate of drug-likeness (QED) is 0.238. The topological polar surface area (TPSA) is 121 Å². The molecule has 3 N–H and O–H groups in total. The zero-order chi connectivity index (χ0) is 29.3. The molecule has 9 atom stereocenters. The molecule has 0 spiro atoms. The van der Waals surface area contributed by atoms with Crippen LogP contribution in [0.1, 0.15) is 100 Å². The van der Waals surface area contributed by atoms with Crippen LogP contribution >= 0.6 is 0 Å². The first-order chi connectivity index (χ1) is 17.9. The number of allylic oxidation sites excluding steroid dienone is 1. The minimum Gasteiger partial charge on any atom is -0.478 e. The SMILES string of the molecule is CC(=O)O[C@@H](C/C=C(\C)C(=O)O)[C@@H](C)[C@H]1C[C@H](O)[C@@]2(C)C3=C(CC[C@]12C)[C@@]1(C)CCC(=O)C(C)(C)[C@@H]1C[C@H]3O. The summed E-state index contributed by atoms with van der Waals surface area (Å²) in [6.07, 6.45) is 3.96. The van der Waals surface area contributed by atoms with Crippen molar-refractivity contribution in [1.82, 2.24) is 0 Å². The number of ether oxygens (including phenoxy) is 1. The van der Waals surface area contributed by atoms with E-state index in [1.807, 2.05) is 20.8 Å². The number of rotatable bonds is 6. The molecule has 0 aromatic rings. The molecule has 4 rings (SSSR count). The molecule has 0 aliphatic heterocycles. The average molecular weight is 545 g/mol. The monoisotopic (exact) mass is 544 g/mol. The summed E-state index contributed by atoms with van der Waals surface area (Å²) in [6.45, 7) is 15.6. The van der Waals surface area contributed by atoms with Crippen molar-refractivity contribution in [3.63, 3.8) is 0 Å². The minimum atomic E-state index is -1.00. The van der Waals surface area contributed by atoms with Crippen LogP contribution in [-0.4, -0.2) is 51.4 Å². The lowest BCUT2D eigenvalue weighted by atomic mass is 9.42. The summed E-state index contributed by atoms with van der Waals surface area (Å²) >= 11 is 0. The molecule has 0 bridgehead atoms. The molecular formula is C32H48O7. The van der Waals surface area contributed by atoms with Gasteiger partial charge in [0.05, 0.1) is 12.2 Å². The van der Waals surface area contributed by atoms with Crippen molar-refractivity contribution >= 4 is 17.7 Å². The van der Waals surface area contributed by atoms with Gasteiger partial charge in [-0.2, -0.15) is 0 Å². The Balaban J connectivity index is 1.75. The molecule has 0 radical (unpaired) electrons. The summed E-state index contributed by atoms with van der Waals surface area (Å²) in [6, 6.07) is 0. The van der Waals surface area contributed by atoms with Crippen LogP contribution in [0.3, 0.4) is 0 Å². The summed E-state index contributed by atoms with van der Waals surface area (Å²) in [5, 5.41) is 32.9. The van der Waals surface area contributed by atoms with Crippen molar-refractivity contribution in [2.24, 2.45) is 39.4 Å². The Morgan fingerprint density at radius 2 is 1.69 bits per heavy atom. The van der Waals surface area contributed by atoms with Crippen molar-refractivity contribution in [1.29, 1.82) is 0 Å². The van der Waals surface area contributed by atoms with E-state index in [-0.39, 0.29) is 46.4 Å². The van der Waals surface area contributed by atoms with Crippen molar-refractivity contribution in [3.05, 3.63) is 22.8 Å². The number of carboxylic acids is 1. The van der Waals surface area contributed by atoms with Crippen LogP contribution in [0.5, 0.6) is 0 Å². The van der Waals surface area contributed by atoms with Crippen molar-refractivity contribution in [3.8, 4) is 0 Å². The fraction of sp³-hybridized carbons (Fsp3) is 0.781. The summed E-state index contributed by atoms with van der Waals surface area (Å²) in [5.41, 5.74) is 0.711. The number of hydrogen-bond acceptors (Lipinski definition) is 6. The predicted octanol–water partition coefficient (Wildman–Crippen LogP) is 5.24. The van der Waals surface area contributed by atoms with Gasteiger partial charge in [-0.3, -0.25) is 9.59 Å². The molecule has 0 saturated heterocycles. The molecule has 0 amide bonds. The van der Waals surface area contributed by atoms with Gasteiger partial charge in [0.1, 0.15) is 11.9 Å². The molecular weight excluding hydrogens is 496 g/mol. The van der Waals surface area contributed by atoms with Gasteiger partial charge in [0.15, 0.2) is 0 Å². The molecule has 7 nitrogen and oxygen atoms in total. The highest BCUT2D eigenvalue weighted by molar-refractivity contribution is 5.86. The second-order valence-corrected chi connectivity index (χ2v) is 14.2. The zero-order valence-electron chi connectivity index (χ0n) is 25.0. The average Bonchev–Trinajstić information content (AvgIpc) is 3.06. The van der Waals surface area contributed by atoms with Crippen LogP contribution in [-0.2, 0) is 19.1 Å². The van der Waals surface area contributed by atoms with E-state index in [0.717, 1.165) is 24.8 Å². The number of esters is 1. The molecule has 7 heteroatoms. The lowest BCUT2D eigenvalue weighted by Gasteiger charge is -2.62. The van der Waals surface area contributed by atoms with E-state index in [1.165, 1.54) is 19.4 Å². The number of carbonyl (C=O) groups is 3. The van der Waals surface area contributed by atoms with Gasteiger partial charge in [-0.05, 0) is 73.2 Å². The number of hydrogen-bond donors (Lipinski definition) is 3. The lowest BCUT2D eigenvalue weighted by Crippen LogP contribution is -2.58. The maximum atomic E-state index is 12.9. The molecule has 0 aromatic heterocycles. The Kier molecular flexibility index (Phi) is 7.56. The smallest absolute Gasteiger partial charge is 0.330 e. The van der Waals surface area contributed by atoms with E-state index in [1.54, 1.807) is 6.08 Å². The number of carboxylic acid groups (broad SMARTS) is 1. The third-order valence-corrected chi connectivity index (χ3v) is 12.2. The number of aliphatic carboxylic acids is 1. The van der Waals surface area contributed by atoms with Crippen molar-refractivity contribution < 1.29 is 34.4 Å². The number of Topliss-reactive ketones (excluding diaryl/α,β-unsaturated/α-hetero) is 1. The number of carbonyl (C=O) groups excluding carboxylic acids is 2. The largest absolute Gasteiger partial charge is 0.478 e. The predicted molar refractivity (Wildman–Crippen MR) is 148 cm³/mol. The first-order valence-electron chi connectivity index (χ1n) is 14.6. The summed E-state index contributed by atoms with van der Waals surface area (Å²) in [7, 11) is 0. The van der Waals surface area contributed by atoms with Crippen LogP contribution < -0.4 is 0 Å². The Morgan fingerprint density at radius 1 is 1.05 bits per heavy atom. The van der Waals surface area contributed by atoms with Crippen LogP contribution in [0.25, 0.3) is 0 Å². The fourth-order valence-corrected chi connectivity index (χ4v) is 9.54. The Labute approximate surface area is 233 Å². The molecule has 218 valence electrons. The maximum absolute atomic E-state index is 12.9. The minimum absolute atomic E-state index is 0.00321. The molecule has 2 fully saturated rings. The standard InChI is InChI=1S/C32H48O7/c1-17(28(37)38)9-10-23(39-19(3)33)18(2)21-15-26(36)32(8)27-20(11-14-31(21,32)7)30(6)13-12-25(35)29(4,5)24(30)16-22(27)34/h9,18,21-24,26,34,36H,10-16H2,1-8H3,(H,37,38)/b17-9+/t18-,21+,22+,23-,24-,26-,30+,31+,32-/m0/s1. The van der Waals surface area contributed by atoms with Gasteiger partial charge in [0.2, 0.25) is 0 Å². The zero-order valence-corrected chi connectivity index (χ0v) is 25.0. The van der Waals surface area contributed by atoms with Gasteiger partial charge < -0.3 is 20.1 Å². The highest BCUT2D eigenvalue weighted by atomic mass is 16.5. The number of fused-ring (bicyclic) bond motifs is 4. The Hall–Kier alpha value is -1.99. The highest BCUT2D eigenvalue weighted by Crippen LogP contribution is 2.72. The van der Waals surface area contributed by atoms with Gasteiger partial charge in [0, 0.05) is 36.2 Å². The van der Waals surface area contributed by atoms with E-state index in [0.29, 0.717) is 19.3 Å². The maximum Gasteiger partial charge on any atom is 0.330 e. The van der Waals surface area contributed by atoms with E-state index in [4.69, 9.17) is 4.74 Å². The summed E-state index contributed by atoms with van der Waals surface area (Å²) in [4.78, 5) is 36.3. The fourth-order valence-electron chi connectivity index (χ4n) is 9.54. The number of aliphatic hydroxyl groups is 2. The first-order valence-corrected chi connectivity index (χ1v) is 14.6. The third kappa shape index (κ3) is 4.34. The molecule has 0 heterocycles. The van der Waals surface area contributed by atoms with Crippen molar-refractivity contribution in [2.45, 2.75) is 119 Å². The lowest BCUT2D eigenvalue weighted by molar-refractivity contribution is -0.151. The third-order valence-electron chi connectivity index (χ3n) is 12.2. The molecule has 39 heavy (non-hydrogen) atoms. The first kappa shape index (κ1) is 30.0. The van der Waals surface area contributed by atoms with Crippen LogP contribution in [0, 0.1) is 39.4 Å². The van der Waals surface area contributed by atoms with Gasteiger partial charge in [-0.1, -0.05) is 53.2 Å². The second-order valence-electron chi connectivity index (χ2n) is 14.2. The van der Waals surface area contributed by atoms with Gasteiger partial charge >= 0.3 is 11.9 Å². The normalized spacial score (nSPS) is 41.3. The van der Waals surface area contributed by atoms with E-state index in [2.05, 4.69) is 20.8 Å². The van der Waals surface area contributed by atoms with Gasteiger partial charge in [0.25, 0.3) is 0 Å². The molecule has 4 aliphatic rings. The molecule has 0 unspecified atom stereocenters. The molecule has 4 aliphatic carbocycles. The van der Waals surface area contributed by atoms with Crippen LogP contribution in [0.15, 0.2) is 22.8 Å². The number of aliphatic hydroxyl groups excluding tert-OH is 2. The highest BCUT2D eigenvalue weighted by Gasteiger charge is 2.68. The number of ketones is 1. The van der Waals surface area contributed by atoms with Crippen molar-refractivity contribution in [2.75, 3.05) is 0 Å². The van der Waals surface area contributed by atoms with E-state index >= 15 is 0 Å². The summed E-state index contributed by atoms with van der Waals surface area (Å²) in [5.74, 6) is -1.23. The van der Waals surface area contributed by atoms with Gasteiger partial charge in [-0.15, -0.1) is 0 Å². The molecule has 0 aromatic carbocycles. The van der Waals surface area contributed by atoms with Crippen LogP contribution in [0.4, 0.5) is 0 Å². The second kappa shape index (κ2) is 9.83. The molecule has 2 saturated carbocycles. The van der Waals surface area contributed by atoms with Crippen LogP contribution in [0.2, 0.25) is 0 Å². The van der Waals surface area contributed by atoms with Gasteiger partial charge in [-0.25, -0.2) is 4.79 Å². The Bertz CT molecular complexity index is 1120. The van der Waals surface area contributed by atoms with E-state index < -0.39 is 41.1 Å². The Morgan fingerprint density at radius 3 is 2.28 bits per heavy atom. The summed E-state index contributed by atoms with van der Waals surface area (Å²) < 4.78 is 5.74.